The number of hydrogen-bond acceptors (Lipinski definition) is 4. The molecule has 6 heteroatoms. The minimum atomic E-state index is -0.393. The SMILES string of the molecule is Cc1cn[nH]c1-c1ccc(Sc2ccc([N+](=O)[O-])cc2)cc1. The maximum absolute atomic E-state index is 10.6. The van der Waals surface area contributed by atoms with Crippen LogP contribution in [0.15, 0.2) is 64.5 Å². The quantitative estimate of drug-likeness (QED) is 0.571. The second-order valence-corrected chi connectivity index (χ2v) is 5.95. The zero-order valence-electron chi connectivity index (χ0n) is 11.8. The fourth-order valence-corrected chi connectivity index (χ4v) is 2.92. The minimum absolute atomic E-state index is 0.106. The number of benzene rings is 2. The Morgan fingerprint density at radius 1 is 1.05 bits per heavy atom. The molecule has 2 aromatic carbocycles. The normalized spacial score (nSPS) is 10.6. The number of nitrogens with one attached hydrogen (secondary N) is 1. The molecule has 0 atom stereocenters. The van der Waals surface area contributed by atoms with E-state index in [0.29, 0.717) is 0 Å². The molecule has 1 heterocycles. The summed E-state index contributed by atoms with van der Waals surface area (Å²) in [7, 11) is 0. The standard InChI is InChI=1S/C16H13N3O2S/c1-11-10-17-18-16(11)12-2-6-14(7-3-12)22-15-8-4-13(5-9-15)19(20)21/h2-10H,1H3,(H,17,18). The van der Waals surface area contributed by atoms with Gasteiger partial charge < -0.3 is 0 Å². The first kappa shape index (κ1) is 14.3. The number of nitrogens with zero attached hydrogens (tertiary/aromatic N) is 2. The van der Waals surface area contributed by atoms with Gasteiger partial charge in [0.25, 0.3) is 5.69 Å². The molecule has 5 nitrogen and oxygen atoms in total. The van der Waals surface area contributed by atoms with Crippen LogP contribution in [0.3, 0.4) is 0 Å². The number of nitro groups is 1. The molecule has 3 rings (SSSR count). The van der Waals surface area contributed by atoms with Gasteiger partial charge in [-0.1, -0.05) is 23.9 Å². The number of hydrogen-bond donors (Lipinski definition) is 1. The molecule has 0 bridgehead atoms. The monoisotopic (exact) mass is 311 g/mol. The van der Waals surface area contributed by atoms with Gasteiger partial charge in [0.2, 0.25) is 0 Å². The molecular formula is C16H13N3O2S. The summed E-state index contributed by atoms with van der Waals surface area (Å²) in [6.07, 6.45) is 1.80. The first-order valence-corrected chi connectivity index (χ1v) is 7.48. The smallest absolute Gasteiger partial charge is 0.269 e. The van der Waals surface area contributed by atoms with E-state index in [0.717, 1.165) is 26.6 Å². The molecule has 110 valence electrons. The molecule has 0 spiro atoms. The molecule has 0 saturated carbocycles. The molecule has 0 aliphatic carbocycles. The zero-order chi connectivity index (χ0) is 15.5. The van der Waals surface area contributed by atoms with Crippen molar-refractivity contribution in [2.75, 3.05) is 0 Å². The van der Waals surface area contributed by atoms with Gasteiger partial charge in [-0.2, -0.15) is 5.10 Å². The Morgan fingerprint density at radius 2 is 1.64 bits per heavy atom. The summed E-state index contributed by atoms with van der Waals surface area (Å²) in [5.41, 5.74) is 3.32. The van der Waals surface area contributed by atoms with Crippen LogP contribution in [0, 0.1) is 17.0 Å². The highest BCUT2D eigenvalue weighted by Gasteiger charge is 2.06. The van der Waals surface area contributed by atoms with E-state index in [4.69, 9.17) is 0 Å². The molecule has 3 aromatic rings. The first-order valence-electron chi connectivity index (χ1n) is 6.66. The Morgan fingerprint density at radius 3 is 2.14 bits per heavy atom. The topological polar surface area (TPSA) is 71.8 Å². The second kappa shape index (κ2) is 6.03. The van der Waals surface area contributed by atoms with E-state index in [-0.39, 0.29) is 5.69 Å². The zero-order valence-corrected chi connectivity index (χ0v) is 12.6. The van der Waals surface area contributed by atoms with E-state index in [1.54, 1.807) is 30.1 Å². The van der Waals surface area contributed by atoms with Gasteiger partial charge in [0.05, 0.1) is 16.8 Å². The van der Waals surface area contributed by atoms with E-state index < -0.39 is 4.92 Å². The number of aryl methyl sites for hydroxylation is 1. The van der Waals surface area contributed by atoms with Crippen molar-refractivity contribution in [3.05, 3.63) is 70.4 Å². The van der Waals surface area contributed by atoms with Crippen molar-refractivity contribution in [2.45, 2.75) is 16.7 Å². The van der Waals surface area contributed by atoms with Crippen LogP contribution in [-0.2, 0) is 0 Å². The number of aromatic nitrogens is 2. The maximum atomic E-state index is 10.6. The molecule has 0 saturated heterocycles. The highest BCUT2D eigenvalue weighted by atomic mass is 32.2. The van der Waals surface area contributed by atoms with E-state index in [2.05, 4.69) is 10.2 Å². The van der Waals surface area contributed by atoms with Crippen LogP contribution in [0.4, 0.5) is 5.69 Å². The van der Waals surface area contributed by atoms with E-state index in [1.165, 1.54) is 12.1 Å². The Bertz CT molecular complexity index is 795. The average Bonchev–Trinajstić information content (AvgIpc) is 2.95. The number of rotatable bonds is 4. The molecule has 0 aliphatic heterocycles. The van der Waals surface area contributed by atoms with Crippen molar-refractivity contribution in [1.29, 1.82) is 0 Å². The third-order valence-electron chi connectivity index (χ3n) is 3.26. The van der Waals surface area contributed by atoms with Crippen LogP contribution in [0.1, 0.15) is 5.56 Å². The van der Waals surface area contributed by atoms with Crippen LogP contribution >= 0.6 is 11.8 Å². The van der Waals surface area contributed by atoms with Gasteiger partial charge in [-0.25, -0.2) is 0 Å². The third-order valence-corrected chi connectivity index (χ3v) is 4.27. The molecule has 22 heavy (non-hydrogen) atoms. The lowest BCUT2D eigenvalue weighted by Crippen LogP contribution is -1.86. The lowest BCUT2D eigenvalue weighted by molar-refractivity contribution is -0.384. The summed E-state index contributed by atoms with van der Waals surface area (Å²) < 4.78 is 0. The molecule has 0 unspecified atom stereocenters. The maximum Gasteiger partial charge on any atom is 0.269 e. The molecule has 0 fully saturated rings. The molecule has 0 aliphatic rings. The van der Waals surface area contributed by atoms with Crippen molar-refractivity contribution in [2.24, 2.45) is 0 Å². The van der Waals surface area contributed by atoms with Crippen molar-refractivity contribution in [1.82, 2.24) is 10.2 Å². The summed E-state index contributed by atoms with van der Waals surface area (Å²) >= 11 is 1.57. The average molecular weight is 311 g/mol. The largest absolute Gasteiger partial charge is 0.278 e. The van der Waals surface area contributed by atoms with Crippen molar-refractivity contribution < 1.29 is 4.92 Å². The first-order chi connectivity index (χ1) is 10.6. The van der Waals surface area contributed by atoms with Gasteiger partial charge in [-0.3, -0.25) is 15.2 Å². The van der Waals surface area contributed by atoms with Gasteiger partial charge in [0, 0.05) is 21.9 Å². The van der Waals surface area contributed by atoms with Crippen molar-refractivity contribution >= 4 is 17.4 Å². The summed E-state index contributed by atoms with van der Waals surface area (Å²) in [4.78, 5) is 12.3. The summed E-state index contributed by atoms with van der Waals surface area (Å²) in [5.74, 6) is 0. The van der Waals surface area contributed by atoms with E-state index in [1.807, 2.05) is 31.2 Å². The van der Waals surface area contributed by atoms with Crippen LogP contribution in [0.25, 0.3) is 11.3 Å². The predicted molar refractivity (Wildman–Crippen MR) is 86.0 cm³/mol. The number of nitro benzene ring substituents is 1. The highest BCUT2D eigenvalue weighted by Crippen LogP contribution is 2.30. The Balaban J connectivity index is 1.76. The van der Waals surface area contributed by atoms with Crippen LogP contribution in [0.2, 0.25) is 0 Å². The molecule has 0 radical (unpaired) electrons. The van der Waals surface area contributed by atoms with Gasteiger partial charge in [-0.05, 0) is 42.3 Å². The summed E-state index contributed by atoms with van der Waals surface area (Å²) in [5, 5.41) is 17.7. The van der Waals surface area contributed by atoms with E-state index in [9.17, 15) is 10.1 Å². The van der Waals surface area contributed by atoms with Crippen LogP contribution in [0.5, 0.6) is 0 Å². The summed E-state index contributed by atoms with van der Waals surface area (Å²) in [6, 6.07) is 14.7. The Kier molecular flexibility index (Phi) is 3.93. The van der Waals surface area contributed by atoms with Gasteiger partial charge >= 0.3 is 0 Å². The molecule has 1 N–H and O–H groups in total. The highest BCUT2D eigenvalue weighted by molar-refractivity contribution is 7.99. The number of H-pyrrole nitrogens is 1. The van der Waals surface area contributed by atoms with Gasteiger partial charge in [0.1, 0.15) is 0 Å². The molecule has 1 aromatic heterocycles. The van der Waals surface area contributed by atoms with Crippen LogP contribution < -0.4 is 0 Å². The van der Waals surface area contributed by atoms with Crippen molar-refractivity contribution in [3.8, 4) is 11.3 Å². The second-order valence-electron chi connectivity index (χ2n) is 4.81. The van der Waals surface area contributed by atoms with E-state index >= 15 is 0 Å². The fraction of sp³-hybridized carbons (Fsp3) is 0.0625. The lowest BCUT2D eigenvalue weighted by atomic mass is 10.1. The predicted octanol–water partition coefficient (Wildman–Crippen LogP) is 4.44. The minimum Gasteiger partial charge on any atom is -0.278 e. The van der Waals surface area contributed by atoms with Gasteiger partial charge in [0.15, 0.2) is 0 Å². The van der Waals surface area contributed by atoms with Crippen molar-refractivity contribution in [3.63, 3.8) is 0 Å². The number of non-ortho nitro benzene ring substituents is 1. The fourth-order valence-electron chi connectivity index (χ4n) is 2.10. The van der Waals surface area contributed by atoms with Gasteiger partial charge in [-0.15, -0.1) is 0 Å². The van der Waals surface area contributed by atoms with Crippen LogP contribution in [-0.4, -0.2) is 15.1 Å². The number of aromatic amines is 1. The molecular weight excluding hydrogens is 298 g/mol. The molecule has 0 amide bonds. The lowest BCUT2D eigenvalue weighted by Gasteiger charge is -2.04. The Labute approximate surface area is 131 Å². The third kappa shape index (κ3) is 3.01. The summed E-state index contributed by atoms with van der Waals surface area (Å²) in [6.45, 7) is 2.01. The Hall–Kier alpha value is -2.60.